The molecule has 1 amide bonds. The zero-order chi connectivity index (χ0) is 18.9. The lowest BCUT2D eigenvalue weighted by Crippen LogP contribution is -2.42. The molecule has 0 heterocycles. The summed E-state index contributed by atoms with van der Waals surface area (Å²) in [5.74, 6) is -2.00. The average molecular weight is 368 g/mol. The van der Waals surface area contributed by atoms with Crippen molar-refractivity contribution in [2.75, 3.05) is 0 Å². The Bertz CT molecular complexity index is 952. The molecule has 0 aromatic heterocycles. The van der Waals surface area contributed by atoms with Crippen LogP contribution >= 0.6 is 11.6 Å². The molecule has 2 aromatic rings. The van der Waals surface area contributed by atoms with Crippen molar-refractivity contribution in [1.29, 1.82) is 5.26 Å². The summed E-state index contributed by atoms with van der Waals surface area (Å²) >= 11 is 6.03. The maximum atomic E-state index is 12.3. The minimum Gasteiger partial charge on any atom is -0.368 e. The van der Waals surface area contributed by atoms with Crippen LogP contribution in [-0.2, 0) is 4.79 Å². The van der Waals surface area contributed by atoms with Crippen LogP contribution in [0.1, 0.15) is 17.0 Å². The molecule has 3 unspecified atom stereocenters. The highest BCUT2D eigenvalue weighted by Gasteiger charge is 2.59. The standard InChI is InChI=1S/C19H14ClN3O3/c20-14-8-4-7-13(9-14)16-17(23(25)26)15(12-5-2-1-3-6-12)10-19(16,11-21)18(22)24/h1-10,16-17H,(H2,22,24). The van der Waals surface area contributed by atoms with E-state index in [0.717, 1.165) is 0 Å². The third-order valence-electron chi connectivity index (χ3n) is 4.64. The Hall–Kier alpha value is -3.17. The number of nitriles is 1. The van der Waals surface area contributed by atoms with Gasteiger partial charge in [0.25, 0.3) is 0 Å². The highest BCUT2D eigenvalue weighted by molar-refractivity contribution is 6.30. The lowest BCUT2D eigenvalue weighted by molar-refractivity contribution is -0.510. The first kappa shape index (κ1) is 17.6. The Morgan fingerprint density at radius 3 is 2.46 bits per heavy atom. The van der Waals surface area contributed by atoms with Gasteiger partial charge in [-0.05, 0) is 29.3 Å². The van der Waals surface area contributed by atoms with E-state index in [2.05, 4.69) is 0 Å². The number of halogens is 1. The van der Waals surface area contributed by atoms with Crippen LogP contribution in [0, 0.1) is 26.9 Å². The van der Waals surface area contributed by atoms with Gasteiger partial charge in [0.1, 0.15) is 0 Å². The molecule has 26 heavy (non-hydrogen) atoms. The highest BCUT2D eigenvalue weighted by atomic mass is 35.5. The number of benzene rings is 2. The van der Waals surface area contributed by atoms with E-state index in [9.17, 15) is 20.2 Å². The number of nitrogens with two attached hydrogens (primary N) is 1. The van der Waals surface area contributed by atoms with E-state index in [0.29, 0.717) is 21.7 Å². The number of carbonyl (C=O) groups excluding carboxylic acids is 1. The van der Waals surface area contributed by atoms with E-state index >= 15 is 0 Å². The number of carbonyl (C=O) groups is 1. The largest absolute Gasteiger partial charge is 0.368 e. The quantitative estimate of drug-likeness (QED) is 0.660. The van der Waals surface area contributed by atoms with Crippen LogP contribution in [0.3, 0.4) is 0 Å². The summed E-state index contributed by atoms with van der Waals surface area (Å²) in [5.41, 5.74) is 4.99. The number of nitrogens with zero attached hydrogens (tertiary/aromatic N) is 2. The molecular weight excluding hydrogens is 354 g/mol. The monoisotopic (exact) mass is 367 g/mol. The van der Waals surface area contributed by atoms with Gasteiger partial charge in [0.2, 0.25) is 11.9 Å². The molecule has 3 rings (SSSR count). The minimum atomic E-state index is -1.84. The molecule has 0 aliphatic heterocycles. The molecule has 0 fully saturated rings. The van der Waals surface area contributed by atoms with Crippen molar-refractivity contribution >= 4 is 23.1 Å². The summed E-state index contributed by atoms with van der Waals surface area (Å²) in [5, 5.41) is 22.1. The summed E-state index contributed by atoms with van der Waals surface area (Å²) in [6.45, 7) is 0. The molecule has 2 N–H and O–H groups in total. The van der Waals surface area contributed by atoms with Gasteiger partial charge in [0, 0.05) is 15.5 Å². The predicted molar refractivity (Wildman–Crippen MR) is 96.6 cm³/mol. The van der Waals surface area contributed by atoms with Crippen molar-refractivity contribution < 1.29 is 9.72 Å². The smallest absolute Gasteiger partial charge is 0.247 e. The first-order valence-electron chi connectivity index (χ1n) is 7.79. The topological polar surface area (TPSA) is 110 Å². The fraction of sp³-hybridized carbons (Fsp3) is 0.158. The van der Waals surface area contributed by atoms with Crippen LogP contribution in [0.15, 0.2) is 60.7 Å². The van der Waals surface area contributed by atoms with Crippen molar-refractivity contribution in [2.45, 2.75) is 12.0 Å². The van der Waals surface area contributed by atoms with Gasteiger partial charge >= 0.3 is 0 Å². The second kappa shape index (κ2) is 6.62. The molecule has 0 saturated heterocycles. The van der Waals surface area contributed by atoms with Crippen molar-refractivity contribution in [3.05, 3.63) is 86.9 Å². The fourth-order valence-corrected chi connectivity index (χ4v) is 3.69. The molecule has 0 bridgehead atoms. The Labute approximate surface area is 154 Å². The molecule has 130 valence electrons. The Morgan fingerprint density at radius 2 is 1.92 bits per heavy atom. The van der Waals surface area contributed by atoms with Crippen LogP contribution in [0.2, 0.25) is 5.02 Å². The predicted octanol–water partition coefficient (Wildman–Crippen LogP) is 3.16. The van der Waals surface area contributed by atoms with Gasteiger partial charge in [-0.3, -0.25) is 14.9 Å². The van der Waals surface area contributed by atoms with Crippen molar-refractivity contribution in [3.8, 4) is 6.07 Å². The van der Waals surface area contributed by atoms with Crippen LogP contribution < -0.4 is 5.73 Å². The van der Waals surface area contributed by atoms with Crippen molar-refractivity contribution in [3.63, 3.8) is 0 Å². The van der Waals surface area contributed by atoms with Gasteiger partial charge in [-0.1, -0.05) is 54.1 Å². The fourth-order valence-electron chi connectivity index (χ4n) is 3.50. The van der Waals surface area contributed by atoms with Crippen molar-refractivity contribution in [1.82, 2.24) is 0 Å². The first-order valence-corrected chi connectivity index (χ1v) is 8.17. The lowest BCUT2D eigenvalue weighted by atomic mass is 9.73. The number of amides is 1. The van der Waals surface area contributed by atoms with E-state index in [1.54, 1.807) is 48.5 Å². The van der Waals surface area contributed by atoms with Gasteiger partial charge < -0.3 is 5.73 Å². The normalized spacial score (nSPS) is 24.5. The second-order valence-corrected chi connectivity index (χ2v) is 6.51. The summed E-state index contributed by atoms with van der Waals surface area (Å²) in [6.07, 6.45) is 1.34. The Balaban J connectivity index is 2.29. The second-order valence-electron chi connectivity index (χ2n) is 6.07. The summed E-state index contributed by atoms with van der Waals surface area (Å²) < 4.78 is 0. The van der Waals surface area contributed by atoms with Crippen LogP contribution in [0.25, 0.3) is 5.57 Å². The van der Waals surface area contributed by atoms with Crippen molar-refractivity contribution in [2.24, 2.45) is 11.1 Å². The van der Waals surface area contributed by atoms with Gasteiger partial charge in [-0.25, -0.2) is 0 Å². The number of primary amides is 1. The molecule has 1 aliphatic carbocycles. The summed E-state index contributed by atoms with van der Waals surface area (Å²) in [7, 11) is 0. The first-order chi connectivity index (χ1) is 12.4. The Morgan fingerprint density at radius 1 is 1.23 bits per heavy atom. The van der Waals surface area contributed by atoms with E-state index in [4.69, 9.17) is 17.3 Å². The third-order valence-corrected chi connectivity index (χ3v) is 4.88. The summed E-state index contributed by atoms with van der Waals surface area (Å²) in [6, 6.07) is 15.7. The molecule has 0 saturated carbocycles. The maximum Gasteiger partial charge on any atom is 0.247 e. The zero-order valence-electron chi connectivity index (χ0n) is 13.5. The van der Waals surface area contributed by atoms with E-state index in [1.807, 2.05) is 6.07 Å². The van der Waals surface area contributed by atoms with Gasteiger partial charge in [0.05, 0.1) is 12.0 Å². The molecule has 0 spiro atoms. The molecule has 7 heteroatoms. The molecular formula is C19H14ClN3O3. The van der Waals surface area contributed by atoms with Gasteiger partial charge in [-0.2, -0.15) is 5.26 Å². The van der Waals surface area contributed by atoms with Gasteiger partial charge in [0.15, 0.2) is 5.41 Å². The number of nitro groups is 1. The van der Waals surface area contributed by atoms with Gasteiger partial charge in [-0.15, -0.1) is 0 Å². The van der Waals surface area contributed by atoms with E-state index < -0.39 is 28.2 Å². The third kappa shape index (κ3) is 2.72. The Kier molecular flexibility index (Phi) is 4.49. The molecule has 2 aromatic carbocycles. The van der Waals surface area contributed by atoms with Crippen LogP contribution in [0.5, 0.6) is 0 Å². The number of hydrogen-bond donors (Lipinski definition) is 1. The lowest BCUT2D eigenvalue weighted by Gasteiger charge is -2.26. The molecule has 1 aliphatic rings. The zero-order valence-corrected chi connectivity index (χ0v) is 14.3. The maximum absolute atomic E-state index is 12.3. The molecule has 3 atom stereocenters. The van der Waals surface area contributed by atoms with E-state index in [1.165, 1.54) is 12.1 Å². The molecule has 0 radical (unpaired) electrons. The summed E-state index contributed by atoms with van der Waals surface area (Å²) in [4.78, 5) is 23.7. The minimum absolute atomic E-state index is 0.293. The SMILES string of the molecule is N#CC1(C(N)=O)C=C(c2ccccc2)C([N+](=O)[O-])C1c1cccc(Cl)c1. The molecule has 6 nitrogen and oxygen atoms in total. The number of hydrogen-bond acceptors (Lipinski definition) is 4. The van der Waals surface area contributed by atoms with Crippen LogP contribution in [0.4, 0.5) is 0 Å². The van der Waals surface area contributed by atoms with E-state index in [-0.39, 0.29) is 0 Å². The van der Waals surface area contributed by atoms with Crippen LogP contribution in [-0.4, -0.2) is 16.9 Å². The number of rotatable bonds is 4. The average Bonchev–Trinajstić information content (AvgIpc) is 2.99. The highest BCUT2D eigenvalue weighted by Crippen LogP contribution is 2.51.